The van der Waals surface area contributed by atoms with Crippen LogP contribution in [0.3, 0.4) is 0 Å². The molecule has 0 atom stereocenters. The Morgan fingerprint density at radius 2 is 1.83 bits per heavy atom. The SMILES string of the molecule is CC(C)(C)OC(=O)n1cc(-c2ccc3nc(N)c(C(=O)OF)n3c2)c2ccccc21. The summed E-state index contributed by atoms with van der Waals surface area (Å²) < 4.78 is 20.8. The number of benzene rings is 1. The van der Waals surface area contributed by atoms with Crippen LogP contribution in [0.15, 0.2) is 48.8 Å². The molecule has 0 aliphatic carbocycles. The number of fused-ring (bicyclic) bond motifs is 2. The number of imidazole rings is 1. The minimum Gasteiger partial charge on any atom is -0.443 e. The summed E-state index contributed by atoms with van der Waals surface area (Å²) in [5.74, 6) is -1.39. The van der Waals surface area contributed by atoms with E-state index in [0.29, 0.717) is 22.3 Å². The van der Waals surface area contributed by atoms with E-state index in [9.17, 15) is 14.1 Å². The van der Waals surface area contributed by atoms with Crippen molar-refractivity contribution in [1.82, 2.24) is 14.0 Å². The second-order valence-corrected chi connectivity index (χ2v) is 7.77. The molecule has 0 fully saturated rings. The quantitative estimate of drug-likeness (QED) is 0.527. The van der Waals surface area contributed by atoms with Crippen molar-refractivity contribution >= 4 is 34.4 Å². The summed E-state index contributed by atoms with van der Waals surface area (Å²) in [7, 11) is 0. The van der Waals surface area contributed by atoms with E-state index in [1.54, 1.807) is 45.3 Å². The minimum atomic E-state index is -1.24. The van der Waals surface area contributed by atoms with Crippen LogP contribution in [0.1, 0.15) is 31.3 Å². The molecule has 30 heavy (non-hydrogen) atoms. The van der Waals surface area contributed by atoms with Crippen molar-refractivity contribution in [3.05, 3.63) is 54.5 Å². The van der Waals surface area contributed by atoms with Gasteiger partial charge in [-0.05, 0) is 39.0 Å². The van der Waals surface area contributed by atoms with E-state index in [4.69, 9.17) is 10.5 Å². The number of nitrogens with zero attached hydrogens (tertiary/aromatic N) is 3. The molecule has 4 rings (SSSR count). The van der Waals surface area contributed by atoms with Crippen LogP contribution < -0.4 is 5.73 Å². The van der Waals surface area contributed by atoms with Crippen LogP contribution in [-0.4, -0.2) is 31.6 Å². The molecule has 1 aromatic carbocycles. The molecule has 0 saturated heterocycles. The van der Waals surface area contributed by atoms with Crippen molar-refractivity contribution in [2.24, 2.45) is 0 Å². The zero-order chi connectivity index (χ0) is 21.6. The second-order valence-electron chi connectivity index (χ2n) is 7.77. The molecule has 154 valence electrons. The zero-order valence-corrected chi connectivity index (χ0v) is 16.5. The van der Waals surface area contributed by atoms with Crippen LogP contribution in [0.25, 0.3) is 27.7 Å². The van der Waals surface area contributed by atoms with Crippen molar-refractivity contribution in [2.75, 3.05) is 5.73 Å². The summed E-state index contributed by atoms with van der Waals surface area (Å²) in [5, 5.41) is 0.797. The average Bonchev–Trinajstić information content (AvgIpc) is 3.23. The Morgan fingerprint density at radius 1 is 1.10 bits per heavy atom. The Kier molecular flexibility index (Phi) is 4.45. The number of hydrogen-bond acceptors (Lipinski definition) is 6. The predicted molar refractivity (Wildman–Crippen MR) is 109 cm³/mol. The van der Waals surface area contributed by atoms with E-state index in [1.807, 2.05) is 24.3 Å². The van der Waals surface area contributed by atoms with E-state index in [1.165, 1.54) is 8.97 Å². The molecule has 0 amide bonds. The van der Waals surface area contributed by atoms with Gasteiger partial charge in [-0.15, -0.1) is 0 Å². The van der Waals surface area contributed by atoms with Gasteiger partial charge in [0.2, 0.25) is 0 Å². The van der Waals surface area contributed by atoms with Crippen molar-refractivity contribution < 1.29 is 23.8 Å². The normalized spacial score (nSPS) is 11.7. The largest absolute Gasteiger partial charge is 0.443 e. The second kappa shape index (κ2) is 6.87. The number of aromatic nitrogens is 3. The molecular weight excluding hydrogens is 391 g/mol. The highest BCUT2D eigenvalue weighted by molar-refractivity contribution is 6.01. The number of ether oxygens (including phenoxy) is 1. The van der Waals surface area contributed by atoms with E-state index in [0.717, 1.165) is 5.39 Å². The molecule has 8 nitrogen and oxygen atoms in total. The summed E-state index contributed by atoms with van der Waals surface area (Å²) in [6.45, 7) is 5.38. The summed E-state index contributed by atoms with van der Waals surface area (Å²) in [4.78, 5) is 31.9. The van der Waals surface area contributed by atoms with Gasteiger partial charge in [-0.3, -0.25) is 8.97 Å². The Hall–Kier alpha value is -3.88. The number of carbonyl (C=O) groups is 2. The van der Waals surface area contributed by atoms with Crippen LogP contribution in [-0.2, 0) is 9.68 Å². The molecule has 0 aliphatic heterocycles. The van der Waals surface area contributed by atoms with Crippen molar-refractivity contribution in [2.45, 2.75) is 26.4 Å². The first-order valence-electron chi connectivity index (χ1n) is 9.14. The number of para-hydroxylation sites is 1. The smallest absolute Gasteiger partial charge is 0.419 e. The maximum atomic E-state index is 12.7. The number of hydrogen-bond donors (Lipinski definition) is 1. The standard InChI is InChI=1S/C21H19FN4O4/c1-21(2,3)29-20(28)25-11-14(13-6-4-5-7-15(13)25)12-8-9-16-24-18(23)17(19(27)30-22)26(16)10-12/h4-11H,23H2,1-3H3. The molecule has 4 aromatic rings. The number of halogens is 1. The fraction of sp³-hybridized carbons (Fsp3) is 0.190. The third-order valence-electron chi connectivity index (χ3n) is 4.52. The van der Waals surface area contributed by atoms with Crippen LogP contribution >= 0.6 is 0 Å². The number of carbonyl (C=O) groups excluding carboxylic acids is 2. The molecule has 0 bridgehead atoms. The van der Waals surface area contributed by atoms with Gasteiger partial charge in [-0.1, -0.05) is 18.2 Å². The molecular formula is C21H19FN4O4. The average molecular weight is 410 g/mol. The number of rotatable bonds is 2. The van der Waals surface area contributed by atoms with Gasteiger partial charge in [-0.25, -0.2) is 19.5 Å². The fourth-order valence-corrected chi connectivity index (χ4v) is 3.33. The van der Waals surface area contributed by atoms with Gasteiger partial charge in [-0.2, -0.15) is 0 Å². The number of nitrogens with two attached hydrogens (primary N) is 1. The topological polar surface area (TPSA) is 101 Å². The summed E-state index contributed by atoms with van der Waals surface area (Å²) in [6.07, 6.45) is 2.74. The molecule has 0 saturated carbocycles. The van der Waals surface area contributed by atoms with Crippen LogP contribution in [0.5, 0.6) is 0 Å². The van der Waals surface area contributed by atoms with E-state index in [2.05, 4.69) is 9.93 Å². The van der Waals surface area contributed by atoms with Gasteiger partial charge in [0.1, 0.15) is 11.2 Å². The molecule has 0 unspecified atom stereocenters. The number of anilines is 1. The minimum absolute atomic E-state index is 0.147. The van der Waals surface area contributed by atoms with Gasteiger partial charge in [0.15, 0.2) is 11.5 Å². The van der Waals surface area contributed by atoms with Crippen LogP contribution in [0.2, 0.25) is 0 Å². The molecule has 3 heterocycles. The van der Waals surface area contributed by atoms with E-state index in [-0.39, 0.29) is 11.5 Å². The highest BCUT2D eigenvalue weighted by atomic mass is 19.3. The number of pyridine rings is 1. The maximum Gasteiger partial charge on any atom is 0.419 e. The lowest BCUT2D eigenvalue weighted by atomic mass is 10.1. The molecule has 2 N–H and O–H groups in total. The van der Waals surface area contributed by atoms with Crippen molar-refractivity contribution in [3.8, 4) is 11.1 Å². The first-order valence-corrected chi connectivity index (χ1v) is 9.14. The predicted octanol–water partition coefficient (Wildman–Crippen LogP) is 4.36. The van der Waals surface area contributed by atoms with Crippen molar-refractivity contribution in [3.63, 3.8) is 0 Å². The van der Waals surface area contributed by atoms with Crippen molar-refractivity contribution in [1.29, 1.82) is 0 Å². The first-order chi connectivity index (χ1) is 14.2. The van der Waals surface area contributed by atoms with Crippen LogP contribution in [0.4, 0.5) is 15.1 Å². The molecule has 3 aromatic heterocycles. The molecule has 9 heteroatoms. The Labute approximate surface area is 170 Å². The van der Waals surface area contributed by atoms with Gasteiger partial charge < -0.3 is 10.5 Å². The Balaban J connectivity index is 1.91. The Morgan fingerprint density at radius 3 is 2.53 bits per heavy atom. The highest BCUT2D eigenvalue weighted by Crippen LogP contribution is 2.32. The lowest BCUT2D eigenvalue weighted by molar-refractivity contribution is -0.0793. The van der Waals surface area contributed by atoms with E-state index >= 15 is 0 Å². The molecule has 0 radical (unpaired) electrons. The zero-order valence-electron chi connectivity index (χ0n) is 16.5. The Bertz CT molecular complexity index is 1300. The first kappa shape index (κ1) is 19.4. The highest BCUT2D eigenvalue weighted by Gasteiger charge is 2.23. The lowest BCUT2D eigenvalue weighted by Gasteiger charge is -2.19. The summed E-state index contributed by atoms with van der Waals surface area (Å²) in [5.41, 5.74) is 7.26. The van der Waals surface area contributed by atoms with E-state index < -0.39 is 17.7 Å². The van der Waals surface area contributed by atoms with Crippen LogP contribution in [0, 0.1) is 0 Å². The van der Waals surface area contributed by atoms with Gasteiger partial charge in [0.25, 0.3) is 0 Å². The monoisotopic (exact) mass is 410 g/mol. The fourth-order valence-electron chi connectivity index (χ4n) is 3.33. The number of nitrogen functional groups attached to an aromatic ring is 1. The molecule has 0 aliphatic rings. The summed E-state index contributed by atoms with van der Waals surface area (Å²) >= 11 is 0. The molecule has 0 spiro atoms. The van der Waals surface area contributed by atoms with Gasteiger partial charge >= 0.3 is 12.1 Å². The van der Waals surface area contributed by atoms with Gasteiger partial charge in [0.05, 0.1) is 5.52 Å². The third kappa shape index (κ3) is 3.24. The third-order valence-corrected chi connectivity index (χ3v) is 4.52. The maximum absolute atomic E-state index is 12.7. The lowest BCUT2D eigenvalue weighted by Crippen LogP contribution is -2.26. The van der Waals surface area contributed by atoms with Gasteiger partial charge in [0, 0.05) is 33.4 Å². The summed E-state index contributed by atoms with van der Waals surface area (Å²) in [6, 6.07) is 10.8.